The Labute approximate surface area is 178 Å². The molecule has 9 nitrogen and oxygen atoms in total. The zero-order valence-electron chi connectivity index (χ0n) is 17.1. The Morgan fingerprint density at radius 1 is 1.13 bits per heavy atom. The first-order valence-electron chi connectivity index (χ1n) is 9.90. The molecule has 0 aliphatic carbocycles. The Bertz CT molecular complexity index is 1250. The fraction of sp³-hybridized carbons (Fsp3) is 0.227. The van der Waals surface area contributed by atoms with Crippen molar-refractivity contribution >= 4 is 11.6 Å². The molecule has 3 aromatic heterocycles. The number of imidazole rings is 1. The van der Waals surface area contributed by atoms with Crippen LogP contribution in [-0.4, -0.2) is 43.7 Å². The molecular weight excluding hydrogens is 396 g/mol. The van der Waals surface area contributed by atoms with Gasteiger partial charge >= 0.3 is 0 Å². The SMILES string of the molecule is Cc1ccc2c(c1)N(C(=O)Cn1cc(-c3noc(-c4ccncc4)n3)nc1C)CCO2. The standard InChI is InChI=1S/C22H20N6O3/c1-14-3-4-19-18(11-14)28(9-10-30-19)20(29)13-27-12-17(24-15(27)2)21-25-22(31-26-21)16-5-7-23-8-6-16/h3-8,11-12H,9-10,13H2,1-2H3. The van der Waals surface area contributed by atoms with E-state index in [1.165, 1.54) is 0 Å². The van der Waals surface area contributed by atoms with Gasteiger partial charge in [0.2, 0.25) is 11.7 Å². The summed E-state index contributed by atoms with van der Waals surface area (Å²) in [6.45, 7) is 4.97. The molecule has 1 aliphatic heterocycles. The van der Waals surface area contributed by atoms with E-state index in [2.05, 4.69) is 20.1 Å². The van der Waals surface area contributed by atoms with Gasteiger partial charge in [0.15, 0.2) is 0 Å². The van der Waals surface area contributed by atoms with Crippen molar-refractivity contribution in [3.8, 4) is 28.7 Å². The van der Waals surface area contributed by atoms with Gasteiger partial charge in [-0.25, -0.2) is 4.98 Å². The lowest BCUT2D eigenvalue weighted by Crippen LogP contribution is -2.40. The molecule has 0 spiro atoms. The third kappa shape index (κ3) is 3.65. The number of ether oxygens (including phenoxy) is 1. The van der Waals surface area contributed by atoms with E-state index in [-0.39, 0.29) is 12.5 Å². The third-order valence-corrected chi connectivity index (χ3v) is 5.14. The summed E-state index contributed by atoms with van der Waals surface area (Å²) >= 11 is 0. The van der Waals surface area contributed by atoms with E-state index in [9.17, 15) is 4.79 Å². The number of anilines is 1. The van der Waals surface area contributed by atoms with Gasteiger partial charge in [0, 0.05) is 24.2 Å². The third-order valence-electron chi connectivity index (χ3n) is 5.14. The highest BCUT2D eigenvalue weighted by Crippen LogP contribution is 2.32. The van der Waals surface area contributed by atoms with E-state index in [4.69, 9.17) is 9.26 Å². The van der Waals surface area contributed by atoms with Crippen LogP contribution in [0.2, 0.25) is 0 Å². The Kier molecular flexibility index (Phi) is 4.70. The van der Waals surface area contributed by atoms with E-state index in [1.54, 1.807) is 40.2 Å². The predicted molar refractivity (Wildman–Crippen MR) is 113 cm³/mol. The fourth-order valence-corrected chi connectivity index (χ4v) is 3.53. The Morgan fingerprint density at radius 3 is 2.81 bits per heavy atom. The van der Waals surface area contributed by atoms with Crippen molar-refractivity contribution in [3.63, 3.8) is 0 Å². The maximum Gasteiger partial charge on any atom is 0.258 e. The number of carbonyl (C=O) groups excluding carboxylic acids is 1. The van der Waals surface area contributed by atoms with Crippen molar-refractivity contribution in [3.05, 3.63) is 60.3 Å². The van der Waals surface area contributed by atoms with Gasteiger partial charge in [0.05, 0.1) is 12.2 Å². The van der Waals surface area contributed by atoms with Gasteiger partial charge in [0.1, 0.15) is 30.4 Å². The number of benzene rings is 1. The minimum absolute atomic E-state index is 0.0345. The predicted octanol–water partition coefficient (Wildman–Crippen LogP) is 3.04. The van der Waals surface area contributed by atoms with Crippen LogP contribution in [0.15, 0.2) is 53.4 Å². The molecule has 5 rings (SSSR count). The number of hydrogen-bond acceptors (Lipinski definition) is 7. The molecule has 31 heavy (non-hydrogen) atoms. The topological polar surface area (TPSA) is 99.2 Å². The molecule has 1 amide bonds. The highest BCUT2D eigenvalue weighted by atomic mass is 16.5. The fourth-order valence-electron chi connectivity index (χ4n) is 3.53. The molecule has 0 bridgehead atoms. The molecule has 0 saturated carbocycles. The molecule has 1 aliphatic rings. The van der Waals surface area contributed by atoms with Gasteiger partial charge in [0.25, 0.3) is 5.89 Å². The number of fused-ring (bicyclic) bond motifs is 1. The zero-order valence-corrected chi connectivity index (χ0v) is 17.1. The summed E-state index contributed by atoms with van der Waals surface area (Å²) in [6, 6.07) is 9.44. The molecule has 4 aromatic rings. The lowest BCUT2D eigenvalue weighted by Gasteiger charge is -2.30. The first-order valence-corrected chi connectivity index (χ1v) is 9.90. The quantitative estimate of drug-likeness (QED) is 0.504. The van der Waals surface area contributed by atoms with E-state index < -0.39 is 0 Å². The number of pyridine rings is 1. The summed E-state index contributed by atoms with van der Waals surface area (Å²) in [4.78, 5) is 27.8. The minimum atomic E-state index is -0.0345. The first kappa shape index (κ1) is 19.0. The monoisotopic (exact) mass is 416 g/mol. The van der Waals surface area contributed by atoms with Gasteiger partial charge in [-0.15, -0.1) is 0 Å². The van der Waals surface area contributed by atoms with Crippen molar-refractivity contribution < 1.29 is 14.1 Å². The summed E-state index contributed by atoms with van der Waals surface area (Å²) in [5.41, 5.74) is 3.20. The molecule has 0 radical (unpaired) electrons. The molecule has 4 heterocycles. The number of carbonyl (C=O) groups is 1. The Hall–Kier alpha value is -4.01. The van der Waals surface area contributed by atoms with E-state index in [1.807, 2.05) is 32.0 Å². The highest BCUT2D eigenvalue weighted by Gasteiger charge is 2.25. The van der Waals surface area contributed by atoms with Crippen LogP contribution < -0.4 is 9.64 Å². The van der Waals surface area contributed by atoms with Crippen molar-refractivity contribution in [1.82, 2.24) is 24.7 Å². The van der Waals surface area contributed by atoms with Crippen LogP contribution >= 0.6 is 0 Å². The lowest BCUT2D eigenvalue weighted by atomic mass is 10.1. The number of aryl methyl sites for hydroxylation is 2. The first-order chi connectivity index (χ1) is 15.1. The number of amides is 1. The van der Waals surface area contributed by atoms with Crippen LogP contribution in [0.3, 0.4) is 0 Å². The van der Waals surface area contributed by atoms with Crippen molar-refractivity contribution in [2.75, 3.05) is 18.1 Å². The van der Waals surface area contributed by atoms with Crippen molar-refractivity contribution in [2.45, 2.75) is 20.4 Å². The zero-order chi connectivity index (χ0) is 21.4. The van der Waals surface area contributed by atoms with E-state index >= 15 is 0 Å². The average molecular weight is 416 g/mol. The molecule has 0 N–H and O–H groups in total. The summed E-state index contributed by atoms with van der Waals surface area (Å²) in [7, 11) is 0. The summed E-state index contributed by atoms with van der Waals surface area (Å²) < 4.78 is 12.8. The maximum atomic E-state index is 13.1. The van der Waals surface area contributed by atoms with Crippen LogP contribution in [0.25, 0.3) is 23.0 Å². The largest absolute Gasteiger partial charge is 0.490 e. The number of aromatic nitrogens is 5. The van der Waals surface area contributed by atoms with Crippen LogP contribution in [0.4, 0.5) is 5.69 Å². The molecule has 0 atom stereocenters. The van der Waals surface area contributed by atoms with Crippen LogP contribution in [0.1, 0.15) is 11.4 Å². The van der Waals surface area contributed by atoms with Crippen LogP contribution in [0.5, 0.6) is 5.75 Å². The van der Waals surface area contributed by atoms with E-state index in [0.717, 1.165) is 22.6 Å². The Morgan fingerprint density at radius 2 is 1.97 bits per heavy atom. The minimum Gasteiger partial charge on any atom is -0.490 e. The van der Waals surface area contributed by atoms with Gasteiger partial charge < -0.3 is 18.7 Å². The van der Waals surface area contributed by atoms with Crippen molar-refractivity contribution in [1.29, 1.82) is 0 Å². The van der Waals surface area contributed by atoms with Gasteiger partial charge in [-0.3, -0.25) is 9.78 Å². The second kappa shape index (κ2) is 7.67. The molecular formula is C22H20N6O3. The number of hydrogen-bond donors (Lipinski definition) is 0. The second-order valence-corrected chi connectivity index (χ2v) is 7.33. The van der Waals surface area contributed by atoms with Gasteiger partial charge in [-0.05, 0) is 43.7 Å². The summed E-state index contributed by atoms with van der Waals surface area (Å²) in [5.74, 6) is 2.14. The number of rotatable bonds is 4. The molecule has 0 fully saturated rings. The van der Waals surface area contributed by atoms with Crippen LogP contribution in [0, 0.1) is 13.8 Å². The molecule has 0 saturated heterocycles. The molecule has 0 unspecified atom stereocenters. The molecule has 156 valence electrons. The summed E-state index contributed by atoms with van der Waals surface area (Å²) in [5, 5.41) is 4.03. The smallest absolute Gasteiger partial charge is 0.258 e. The normalized spacial score (nSPS) is 13.0. The molecule has 9 heteroatoms. The van der Waals surface area contributed by atoms with Gasteiger partial charge in [-0.2, -0.15) is 4.98 Å². The second-order valence-electron chi connectivity index (χ2n) is 7.33. The van der Waals surface area contributed by atoms with Gasteiger partial charge in [-0.1, -0.05) is 11.2 Å². The Balaban J connectivity index is 1.37. The van der Waals surface area contributed by atoms with Crippen LogP contribution in [-0.2, 0) is 11.3 Å². The highest BCUT2D eigenvalue weighted by molar-refractivity contribution is 5.95. The summed E-state index contributed by atoms with van der Waals surface area (Å²) in [6.07, 6.45) is 5.09. The lowest BCUT2D eigenvalue weighted by molar-refractivity contribution is -0.119. The van der Waals surface area contributed by atoms with E-state index in [0.29, 0.717) is 36.4 Å². The average Bonchev–Trinajstić information content (AvgIpc) is 3.41. The van der Waals surface area contributed by atoms with Crippen molar-refractivity contribution in [2.24, 2.45) is 0 Å². The number of nitrogens with zero attached hydrogens (tertiary/aromatic N) is 6. The maximum absolute atomic E-state index is 13.1. The molecule has 1 aromatic carbocycles.